The first-order chi connectivity index (χ1) is 16.7. The number of hydrogen-bond donors (Lipinski definition) is 2. The van der Waals surface area contributed by atoms with Gasteiger partial charge in [-0.05, 0) is 30.4 Å². The maximum absolute atomic E-state index is 13.0. The van der Waals surface area contributed by atoms with Crippen molar-refractivity contribution in [3.05, 3.63) is 33.5 Å². The van der Waals surface area contributed by atoms with E-state index in [1.807, 2.05) is 0 Å². The van der Waals surface area contributed by atoms with Crippen LogP contribution >= 0.6 is 23.1 Å². The summed E-state index contributed by atoms with van der Waals surface area (Å²) in [7, 11) is 3.43. The van der Waals surface area contributed by atoms with Crippen molar-refractivity contribution in [2.75, 3.05) is 45.3 Å². The number of carbonyl (C=O) groups is 3. The van der Waals surface area contributed by atoms with Crippen molar-refractivity contribution in [2.24, 2.45) is 5.16 Å². The fourth-order valence-corrected chi connectivity index (χ4v) is 7.38. The normalized spacial score (nSPS) is 25.4. The summed E-state index contributed by atoms with van der Waals surface area (Å²) in [5, 5.41) is 19.8. The Hall–Kier alpha value is -2.90. The quantitative estimate of drug-likeness (QED) is 0.160. The number of anilines is 1. The largest absolute Gasteiger partial charge is 0.543 e. The van der Waals surface area contributed by atoms with Gasteiger partial charge in [0.15, 0.2) is 10.8 Å². The Balaban J connectivity index is 1.32. The fraction of sp³-hybridized carbons (Fsp3) is 0.500. The summed E-state index contributed by atoms with van der Waals surface area (Å²) in [6, 6.07) is -0.900. The van der Waals surface area contributed by atoms with Gasteiger partial charge in [-0.3, -0.25) is 14.5 Å². The smallest absolute Gasteiger partial charge is 0.276 e. The molecule has 11 nitrogen and oxygen atoms in total. The molecule has 1 saturated heterocycles. The first-order valence-electron chi connectivity index (χ1n) is 11.3. The molecule has 35 heavy (non-hydrogen) atoms. The lowest BCUT2D eigenvalue weighted by molar-refractivity contribution is -0.890. The molecule has 186 valence electrons. The zero-order valence-corrected chi connectivity index (χ0v) is 21.0. The molecule has 13 heteroatoms. The second-order valence-corrected chi connectivity index (χ2v) is 11.4. The van der Waals surface area contributed by atoms with Crippen LogP contribution in [0.2, 0.25) is 0 Å². The third-order valence-electron chi connectivity index (χ3n) is 6.86. The monoisotopic (exact) mass is 518 g/mol. The van der Waals surface area contributed by atoms with E-state index in [0.717, 1.165) is 41.8 Å². The lowest BCUT2D eigenvalue weighted by Gasteiger charge is -2.51. The van der Waals surface area contributed by atoms with E-state index in [9.17, 15) is 19.5 Å². The molecule has 5 rings (SSSR count). The van der Waals surface area contributed by atoms with Crippen LogP contribution in [0.25, 0.3) is 0 Å². The number of carboxylic acid groups (broad SMARTS) is 1. The Labute approximate surface area is 210 Å². The number of carbonyl (C=O) groups excluding carboxylic acids is 3. The third kappa shape index (κ3) is 4.21. The van der Waals surface area contributed by atoms with Crippen LogP contribution in [0.4, 0.5) is 5.13 Å². The molecule has 3 aliphatic heterocycles. The highest BCUT2D eigenvalue weighted by Gasteiger charge is 2.54. The molecule has 4 aliphatic rings. The molecule has 0 spiro atoms. The SMILES string of the molecule is CO/N=C(\C(=O)N[C@@H]1C(=O)N2C(C(=O)[O-])=C(C[N+]3(C)CC4=C(CCC4)C3)CS[C@H]12)c1csc(N)n1. The number of nitrogens with zero attached hydrogens (tertiary/aromatic N) is 4. The maximum Gasteiger partial charge on any atom is 0.276 e. The van der Waals surface area contributed by atoms with Gasteiger partial charge in [-0.15, -0.1) is 23.1 Å². The number of nitrogen functional groups attached to an aromatic ring is 1. The Morgan fingerprint density at radius 3 is 2.69 bits per heavy atom. The molecule has 1 fully saturated rings. The number of thiazole rings is 1. The van der Waals surface area contributed by atoms with Crippen LogP contribution in [0.3, 0.4) is 0 Å². The number of fused-ring (bicyclic) bond motifs is 1. The molecule has 2 atom stereocenters. The highest BCUT2D eigenvalue weighted by atomic mass is 32.2. The van der Waals surface area contributed by atoms with Gasteiger partial charge in [0.2, 0.25) is 0 Å². The fourth-order valence-electron chi connectivity index (χ4n) is 5.50. The Bertz CT molecular complexity index is 1190. The zero-order chi connectivity index (χ0) is 24.9. The summed E-state index contributed by atoms with van der Waals surface area (Å²) >= 11 is 2.58. The van der Waals surface area contributed by atoms with Crippen LogP contribution in [-0.4, -0.2) is 88.8 Å². The average molecular weight is 519 g/mol. The molecular formula is C22H26N6O5S2. The second-order valence-electron chi connectivity index (χ2n) is 9.45. The van der Waals surface area contributed by atoms with E-state index >= 15 is 0 Å². The van der Waals surface area contributed by atoms with Gasteiger partial charge in [0.05, 0.1) is 18.7 Å². The molecule has 1 aromatic rings. The summed E-state index contributed by atoms with van der Waals surface area (Å²) in [4.78, 5) is 48.2. The predicted octanol–water partition coefficient (Wildman–Crippen LogP) is -0.580. The van der Waals surface area contributed by atoms with Gasteiger partial charge in [0.25, 0.3) is 11.8 Å². The van der Waals surface area contributed by atoms with Crippen molar-refractivity contribution in [2.45, 2.75) is 30.7 Å². The minimum atomic E-state index is -1.37. The van der Waals surface area contributed by atoms with E-state index in [-0.39, 0.29) is 22.2 Å². The molecule has 2 amide bonds. The lowest BCUT2D eigenvalue weighted by Crippen LogP contribution is -2.71. The van der Waals surface area contributed by atoms with Crippen molar-refractivity contribution in [3.8, 4) is 0 Å². The number of hydrogen-bond acceptors (Lipinski definition) is 10. The molecule has 0 unspecified atom stereocenters. The first-order valence-corrected chi connectivity index (χ1v) is 13.2. The number of quaternary nitrogens is 1. The van der Waals surface area contributed by atoms with Gasteiger partial charge in [-0.1, -0.05) is 5.16 Å². The van der Waals surface area contributed by atoms with Gasteiger partial charge >= 0.3 is 0 Å². The summed E-state index contributed by atoms with van der Waals surface area (Å²) in [6.45, 7) is 2.39. The standard InChI is InChI=1S/C22H26N6O5S2/c1-28(6-11-4-3-5-12(11)7-28)8-13-9-34-20-16(19(30)27(20)17(13)21(31)32)25-18(29)15(26-33-2)14-10-35-22(23)24-14/h10,16,20H,3-9H2,1-2H3,(H3-,23,24,25,29,31,32)/b26-15-/t16-,20-/m1/s1. The number of nitrogens with one attached hydrogen (secondary N) is 1. The van der Waals surface area contributed by atoms with E-state index < -0.39 is 29.2 Å². The highest BCUT2D eigenvalue weighted by Crippen LogP contribution is 2.42. The molecule has 0 radical (unpaired) electrons. The van der Waals surface area contributed by atoms with E-state index in [0.29, 0.717) is 17.9 Å². The molecule has 0 aromatic carbocycles. The predicted molar refractivity (Wildman–Crippen MR) is 129 cm³/mol. The number of thioether (sulfide) groups is 1. The van der Waals surface area contributed by atoms with Crippen LogP contribution in [0, 0.1) is 0 Å². The summed E-state index contributed by atoms with van der Waals surface area (Å²) in [6.07, 6.45) is 3.46. The summed E-state index contributed by atoms with van der Waals surface area (Å²) in [5.41, 5.74) is 9.42. The number of amides is 2. The van der Waals surface area contributed by atoms with Crippen LogP contribution in [0.1, 0.15) is 25.0 Å². The van der Waals surface area contributed by atoms with Gasteiger partial charge in [-0.2, -0.15) is 0 Å². The molecule has 0 saturated carbocycles. The Morgan fingerprint density at radius 1 is 1.37 bits per heavy atom. The third-order valence-corrected chi connectivity index (χ3v) is 8.88. The number of carboxylic acids is 1. The molecule has 4 heterocycles. The van der Waals surface area contributed by atoms with Crippen molar-refractivity contribution < 1.29 is 28.8 Å². The summed E-state index contributed by atoms with van der Waals surface area (Å²) < 4.78 is 0.720. The van der Waals surface area contributed by atoms with Gasteiger partial charge in [-0.25, -0.2) is 4.98 Å². The number of nitrogens with two attached hydrogens (primary N) is 1. The minimum Gasteiger partial charge on any atom is -0.543 e. The van der Waals surface area contributed by atoms with Crippen LogP contribution in [0.5, 0.6) is 0 Å². The average Bonchev–Trinajstić information content (AvgIpc) is 3.50. The van der Waals surface area contributed by atoms with E-state index in [1.54, 1.807) is 5.38 Å². The number of likely N-dealkylation sites (tertiary alicyclic amines) is 1. The molecule has 3 N–H and O–H groups in total. The van der Waals surface area contributed by atoms with E-state index in [4.69, 9.17) is 10.6 Å². The van der Waals surface area contributed by atoms with Crippen molar-refractivity contribution >= 4 is 51.7 Å². The Morgan fingerprint density at radius 2 is 2.09 bits per heavy atom. The van der Waals surface area contributed by atoms with Crippen LogP contribution in [0.15, 0.2) is 33.0 Å². The van der Waals surface area contributed by atoms with Crippen molar-refractivity contribution in [3.63, 3.8) is 0 Å². The number of oxime groups is 1. The maximum atomic E-state index is 13.0. The number of aromatic nitrogens is 1. The second kappa shape index (κ2) is 8.95. The van der Waals surface area contributed by atoms with Gasteiger partial charge in [0.1, 0.15) is 43.9 Å². The molecule has 0 bridgehead atoms. The van der Waals surface area contributed by atoms with E-state index in [1.165, 1.54) is 41.3 Å². The molecule has 1 aliphatic carbocycles. The van der Waals surface area contributed by atoms with Crippen LogP contribution in [-0.2, 0) is 19.2 Å². The Kier molecular flexibility index (Phi) is 6.09. The lowest BCUT2D eigenvalue weighted by atomic mass is 10.0. The number of likely N-dealkylation sites (N-methyl/N-ethyl adjacent to an activating group) is 1. The number of β-lactam (4-membered cyclic amide) rings is 1. The molecular weight excluding hydrogens is 492 g/mol. The minimum absolute atomic E-state index is 0.0614. The van der Waals surface area contributed by atoms with E-state index in [2.05, 4.69) is 22.5 Å². The zero-order valence-electron chi connectivity index (χ0n) is 19.4. The van der Waals surface area contributed by atoms with Crippen molar-refractivity contribution in [1.82, 2.24) is 15.2 Å². The van der Waals surface area contributed by atoms with Gasteiger partial charge in [0, 0.05) is 16.7 Å². The molecule has 1 aromatic heterocycles. The van der Waals surface area contributed by atoms with Crippen LogP contribution < -0.4 is 16.2 Å². The van der Waals surface area contributed by atoms with Gasteiger partial charge < -0.3 is 30.3 Å². The van der Waals surface area contributed by atoms with Crippen molar-refractivity contribution in [1.29, 1.82) is 0 Å². The number of aliphatic carboxylic acids is 1. The topological polar surface area (TPSA) is 150 Å². The first kappa shape index (κ1) is 23.8. The number of rotatable bonds is 7. The highest BCUT2D eigenvalue weighted by molar-refractivity contribution is 8.00. The summed E-state index contributed by atoms with van der Waals surface area (Å²) in [5.74, 6) is -2.07.